The summed E-state index contributed by atoms with van der Waals surface area (Å²) in [6, 6.07) is 23.3. The number of methoxy groups -OCH3 is 1. The van der Waals surface area contributed by atoms with Crippen molar-refractivity contribution in [1.29, 1.82) is 0 Å². The number of fused-ring (bicyclic) bond motifs is 2. The molecule has 2 unspecified atom stereocenters. The van der Waals surface area contributed by atoms with Gasteiger partial charge in [-0.25, -0.2) is 0 Å². The third-order valence-corrected chi connectivity index (χ3v) is 5.40. The van der Waals surface area contributed by atoms with Crippen molar-refractivity contribution in [2.45, 2.75) is 9.79 Å². The van der Waals surface area contributed by atoms with Gasteiger partial charge in [-0.05, 0) is 86.0 Å². The second-order valence-electron chi connectivity index (χ2n) is 6.19. The maximum atomic E-state index is 10.8. The zero-order valence-corrected chi connectivity index (χ0v) is 19.3. The third kappa shape index (κ3) is 7.92. The van der Waals surface area contributed by atoms with Crippen molar-refractivity contribution < 1.29 is 31.4 Å². The summed E-state index contributed by atoms with van der Waals surface area (Å²) in [5, 5.41) is 3.85. The fourth-order valence-corrected chi connectivity index (χ4v) is 3.51. The molecule has 0 saturated carbocycles. The molecule has 4 aromatic carbocycles. The van der Waals surface area contributed by atoms with E-state index in [-0.39, 0.29) is 4.90 Å². The number of rotatable bonds is 3. The van der Waals surface area contributed by atoms with Gasteiger partial charge in [0.25, 0.3) is 0 Å². The quantitative estimate of drug-likeness (QED) is 0.310. The van der Waals surface area contributed by atoms with Crippen LogP contribution in [-0.4, -0.2) is 39.6 Å². The molecular weight excluding hydrogens is 472 g/mol. The Balaban J connectivity index is 0.000000196. The van der Waals surface area contributed by atoms with Crippen LogP contribution in [0.3, 0.4) is 0 Å². The zero-order valence-electron chi connectivity index (χ0n) is 16.9. The largest absolute Gasteiger partial charge is 0.768 e. The molecule has 32 heavy (non-hydrogen) atoms. The van der Waals surface area contributed by atoms with Gasteiger partial charge in [0.2, 0.25) is 0 Å². The van der Waals surface area contributed by atoms with E-state index in [9.17, 15) is 17.5 Å². The molecule has 10 heteroatoms. The first-order valence-corrected chi connectivity index (χ1v) is 12.3. The van der Waals surface area contributed by atoms with E-state index in [0.717, 1.165) is 27.3 Å². The van der Waals surface area contributed by atoms with Crippen LogP contribution in [0.15, 0.2) is 88.7 Å². The van der Waals surface area contributed by atoms with E-state index in [1.807, 2.05) is 42.5 Å². The normalized spacial score (nSPS) is 12.3. The van der Waals surface area contributed by atoms with Crippen LogP contribution in [0.4, 0.5) is 0 Å². The lowest BCUT2D eigenvalue weighted by molar-refractivity contribution is 0.415. The van der Waals surface area contributed by atoms with Gasteiger partial charge in [0, 0.05) is 9.79 Å². The summed E-state index contributed by atoms with van der Waals surface area (Å²) >= 11 is -5.93. The summed E-state index contributed by atoms with van der Waals surface area (Å²) in [4.78, 5) is 0.620. The lowest BCUT2D eigenvalue weighted by atomic mass is 10.1. The van der Waals surface area contributed by atoms with Gasteiger partial charge in [0.05, 0.1) is 18.2 Å². The third-order valence-electron chi connectivity index (χ3n) is 4.12. The van der Waals surface area contributed by atoms with Crippen LogP contribution in [0, 0.1) is 0 Å². The maximum Gasteiger partial charge on any atom is 0.119 e. The summed E-state index contributed by atoms with van der Waals surface area (Å²) in [6.45, 7) is 0. The highest BCUT2D eigenvalue weighted by Crippen LogP contribution is 2.22. The van der Waals surface area contributed by atoms with E-state index in [4.69, 9.17) is 13.8 Å². The van der Waals surface area contributed by atoms with Crippen molar-refractivity contribution in [1.82, 2.24) is 0 Å². The van der Waals surface area contributed by atoms with Gasteiger partial charge in [-0.15, -0.1) is 0 Å². The molecule has 0 radical (unpaired) electrons. The number of hydrogen-bond acceptors (Lipinski definition) is 7. The molecule has 0 heterocycles. The molecule has 0 spiro atoms. The predicted molar refractivity (Wildman–Crippen MR) is 129 cm³/mol. The molecule has 0 saturated heterocycles. The summed E-state index contributed by atoms with van der Waals surface area (Å²) < 4.78 is 62.9. The molecule has 0 fully saturated rings. The Kier molecular flexibility index (Phi) is 10.1. The smallest absolute Gasteiger partial charge is 0.119 e. The van der Waals surface area contributed by atoms with Crippen molar-refractivity contribution in [3.8, 4) is 5.75 Å². The molecule has 2 N–H and O–H groups in total. The topological polar surface area (TPSA) is 130 Å². The molecule has 0 amide bonds. The SMILES string of the molecule is C=S(O)O.COc1ccc2ccc(S(=O)[O-])cc2c1.O=S([O-])c1ccc2ccccc2c1. The molecule has 2 atom stereocenters. The second kappa shape index (κ2) is 12.6. The summed E-state index contributed by atoms with van der Waals surface area (Å²) in [5.41, 5.74) is 0. The minimum absolute atomic E-state index is 0.288. The lowest BCUT2D eigenvalue weighted by Crippen LogP contribution is -1.88. The van der Waals surface area contributed by atoms with E-state index in [2.05, 4.69) is 5.87 Å². The van der Waals surface area contributed by atoms with Crippen LogP contribution < -0.4 is 4.74 Å². The molecule has 170 valence electrons. The highest BCUT2D eigenvalue weighted by Gasteiger charge is 1.99. The van der Waals surface area contributed by atoms with Crippen molar-refractivity contribution >= 4 is 60.6 Å². The molecule has 0 aliphatic heterocycles. The Morgan fingerprint density at radius 2 is 1.16 bits per heavy atom. The standard InChI is InChI=1S/C11H10O3S.C10H8O2S.CH4O2S/c1-14-10-4-2-8-3-5-11(15(12)13)7-9(8)6-10;11-13(12)10-6-5-8-3-1-2-4-9(8)7-10;1-4(2)3/h2-7H,1H3,(H,12,13);1-7H,(H,11,12);2-3H,1H2/p-2. The van der Waals surface area contributed by atoms with Gasteiger partial charge in [-0.3, -0.25) is 8.42 Å². The van der Waals surface area contributed by atoms with Crippen LogP contribution >= 0.6 is 11.0 Å². The minimum atomic E-state index is -2.18. The van der Waals surface area contributed by atoms with Crippen LogP contribution in [0.2, 0.25) is 0 Å². The van der Waals surface area contributed by atoms with E-state index in [1.165, 1.54) is 0 Å². The first-order chi connectivity index (χ1) is 15.2. The summed E-state index contributed by atoms with van der Waals surface area (Å²) in [7, 11) is 1.58. The van der Waals surface area contributed by atoms with Crippen molar-refractivity contribution in [2.75, 3.05) is 7.11 Å². The van der Waals surface area contributed by atoms with E-state index in [1.54, 1.807) is 43.5 Å². The number of ether oxygens (including phenoxy) is 1. The Morgan fingerprint density at radius 1 is 0.719 bits per heavy atom. The first kappa shape index (κ1) is 25.8. The Hall–Kier alpha value is -2.44. The fraction of sp³-hybridized carbons (Fsp3) is 0.0455. The van der Waals surface area contributed by atoms with Crippen LogP contribution in [-0.2, 0) is 22.2 Å². The fourth-order valence-electron chi connectivity index (χ4n) is 2.70. The maximum absolute atomic E-state index is 10.8. The van der Waals surface area contributed by atoms with Crippen LogP contribution in [0.1, 0.15) is 0 Å². The zero-order chi connectivity index (χ0) is 23.7. The average molecular weight is 493 g/mol. The molecule has 0 aliphatic carbocycles. The summed E-state index contributed by atoms with van der Waals surface area (Å²) in [6.07, 6.45) is 0. The number of benzene rings is 4. The minimum Gasteiger partial charge on any atom is -0.768 e. The molecule has 0 bridgehead atoms. The Labute approximate surface area is 193 Å². The van der Waals surface area contributed by atoms with Crippen molar-refractivity contribution in [3.63, 3.8) is 0 Å². The average Bonchev–Trinajstić information content (AvgIpc) is 2.78. The van der Waals surface area contributed by atoms with E-state index >= 15 is 0 Å². The highest BCUT2D eigenvalue weighted by atomic mass is 32.2. The predicted octanol–water partition coefficient (Wildman–Crippen LogP) is 4.80. The number of hydrogen-bond donors (Lipinski definition) is 2. The van der Waals surface area contributed by atoms with Crippen LogP contribution in [0.5, 0.6) is 5.75 Å². The molecule has 0 aromatic heterocycles. The molecular formula is C22H20O7S3-2. The first-order valence-electron chi connectivity index (χ1n) is 8.88. The van der Waals surface area contributed by atoms with Gasteiger partial charge in [-0.1, -0.05) is 42.5 Å². The Morgan fingerprint density at radius 3 is 1.66 bits per heavy atom. The molecule has 4 aromatic rings. The van der Waals surface area contributed by atoms with Gasteiger partial charge >= 0.3 is 0 Å². The van der Waals surface area contributed by atoms with Gasteiger partial charge < -0.3 is 22.9 Å². The lowest BCUT2D eigenvalue weighted by Gasteiger charge is -2.07. The highest BCUT2D eigenvalue weighted by molar-refractivity contribution is 8.03. The van der Waals surface area contributed by atoms with E-state index in [0.29, 0.717) is 4.90 Å². The molecule has 7 nitrogen and oxygen atoms in total. The molecule has 0 aliphatic rings. The summed E-state index contributed by atoms with van der Waals surface area (Å²) in [5.74, 6) is 3.50. The van der Waals surface area contributed by atoms with Crippen LogP contribution in [0.25, 0.3) is 21.5 Å². The van der Waals surface area contributed by atoms with Gasteiger partial charge in [0.1, 0.15) is 5.75 Å². The molecule has 4 rings (SSSR count). The van der Waals surface area contributed by atoms with Crippen molar-refractivity contribution in [3.05, 3.63) is 78.9 Å². The van der Waals surface area contributed by atoms with Gasteiger partial charge in [-0.2, -0.15) is 0 Å². The monoisotopic (exact) mass is 492 g/mol. The van der Waals surface area contributed by atoms with E-state index < -0.39 is 33.2 Å². The second-order valence-corrected chi connectivity index (χ2v) is 8.75. The van der Waals surface area contributed by atoms with Gasteiger partial charge in [0.15, 0.2) is 0 Å². The Bertz CT molecular complexity index is 1270. The van der Waals surface area contributed by atoms with Crippen molar-refractivity contribution in [2.24, 2.45) is 0 Å².